The van der Waals surface area contributed by atoms with E-state index in [-0.39, 0.29) is 12.0 Å². The summed E-state index contributed by atoms with van der Waals surface area (Å²) in [5.74, 6) is 0.696. The Morgan fingerprint density at radius 2 is 1.52 bits per heavy atom. The van der Waals surface area contributed by atoms with E-state index < -0.39 is 0 Å². The predicted molar refractivity (Wildman–Crippen MR) is 114 cm³/mol. The molecule has 150 valence electrons. The van der Waals surface area contributed by atoms with Crippen LogP contribution in [0.5, 0.6) is 5.75 Å². The van der Waals surface area contributed by atoms with Gasteiger partial charge in [0.05, 0.1) is 13.3 Å². The van der Waals surface area contributed by atoms with Gasteiger partial charge in [0.1, 0.15) is 11.6 Å². The molecule has 0 amide bonds. The molecule has 3 nitrogen and oxygen atoms in total. The summed E-state index contributed by atoms with van der Waals surface area (Å²) in [6.45, 7) is 5.72. The third kappa shape index (κ3) is 4.66. The van der Waals surface area contributed by atoms with Crippen LogP contribution in [0, 0.1) is 12.7 Å². The lowest BCUT2D eigenvalue weighted by Gasteiger charge is -2.31. The lowest BCUT2D eigenvalue weighted by atomic mass is 10.1. The van der Waals surface area contributed by atoms with Crippen LogP contribution in [-0.2, 0) is 13.1 Å². The maximum Gasteiger partial charge on any atom is 0.123 e. The zero-order valence-electron chi connectivity index (χ0n) is 17.0. The highest BCUT2D eigenvalue weighted by Gasteiger charge is 2.33. The Labute approximate surface area is 172 Å². The molecule has 1 atom stereocenters. The summed E-state index contributed by atoms with van der Waals surface area (Å²) < 4.78 is 18.7. The molecule has 1 heterocycles. The number of halogens is 1. The molecule has 1 aliphatic heterocycles. The molecule has 3 aromatic carbocycles. The van der Waals surface area contributed by atoms with Gasteiger partial charge in [-0.25, -0.2) is 4.39 Å². The third-order valence-electron chi connectivity index (χ3n) is 5.56. The van der Waals surface area contributed by atoms with Crippen LogP contribution < -0.4 is 4.74 Å². The molecule has 0 bridgehead atoms. The Morgan fingerprint density at radius 1 is 0.862 bits per heavy atom. The average molecular weight is 391 g/mol. The number of benzene rings is 3. The van der Waals surface area contributed by atoms with Crippen LogP contribution in [0.15, 0.2) is 72.8 Å². The lowest BCUT2D eigenvalue weighted by Crippen LogP contribution is -2.30. The fourth-order valence-electron chi connectivity index (χ4n) is 4.05. The molecule has 1 fully saturated rings. The summed E-state index contributed by atoms with van der Waals surface area (Å²) in [5, 5.41) is 0. The Hall–Kier alpha value is -2.69. The van der Waals surface area contributed by atoms with E-state index in [9.17, 15) is 4.39 Å². The van der Waals surface area contributed by atoms with Gasteiger partial charge in [-0.15, -0.1) is 0 Å². The van der Waals surface area contributed by atoms with Crippen LogP contribution in [0.25, 0.3) is 0 Å². The second kappa shape index (κ2) is 8.76. The van der Waals surface area contributed by atoms with Crippen molar-refractivity contribution in [1.82, 2.24) is 9.80 Å². The molecule has 4 rings (SSSR count). The quantitative estimate of drug-likeness (QED) is 0.578. The van der Waals surface area contributed by atoms with Crippen molar-refractivity contribution in [2.24, 2.45) is 0 Å². The van der Waals surface area contributed by atoms with Crippen molar-refractivity contribution in [2.45, 2.75) is 26.2 Å². The Bertz CT molecular complexity index is 940. The van der Waals surface area contributed by atoms with Crippen LogP contribution in [0.2, 0.25) is 0 Å². The fourth-order valence-corrected chi connectivity index (χ4v) is 4.05. The van der Waals surface area contributed by atoms with Crippen LogP contribution in [0.4, 0.5) is 4.39 Å². The summed E-state index contributed by atoms with van der Waals surface area (Å²) in [5.41, 5.74) is 4.92. The SMILES string of the molecule is COc1cccc(CN2CCN(Cc3ccc(F)cc3)C2c2ccc(C)cc2)c1. The average Bonchev–Trinajstić information content (AvgIpc) is 3.12. The van der Waals surface area contributed by atoms with Crippen LogP contribution in [0.1, 0.15) is 28.4 Å². The van der Waals surface area contributed by atoms with Gasteiger partial charge in [-0.2, -0.15) is 0 Å². The molecule has 4 heteroatoms. The molecular formula is C25H27FN2O. The largest absolute Gasteiger partial charge is 0.497 e. The number of nitrogens with zero attached hydrogens (tertiary/aromatic N) is 2. The van der Waals surface area contributed by atoms with E-state index in [0.29, 0.717) is 0 Å². The van der Waals surface area contributed by atoms with Crippen molar-refractivity contribution in [3.8, 4) is 5.75 Å². The highest BCUT2D eigenvalue weighted by molar-refractivity contribution is 5.30. The standard InChI is InChI=1S/C25H27FN2O/c1-19-6-10-22(11-7-19)25-27(17-20-8-12-23(26)13-9-20)14-15-28(25)18-21-4-3-5-24(16-21)29-2/h3-13,16,25H,14-15,17-18H2,1-2H3. The van der Waals surface area contributed by atoms with Crippen molar-refractivity contribution in [2.75, 3.05) is 20.2 Å². The number of hydrogen-bond acceptors (Lipinski definition) is 3. The van der Waals surface area contributed by atoms with E-state index in [1.807, 2.05) is 24.3 Å². The molecule has 0 saturated carbocycles. The topological polar surface area (TPSA) is 15.7 Å². The molecule has 3 aromatic rings. The van der Waals surface area contributed by atoms with Gasteiger partial charge in [0, 0.05) is 26.2 Å². The number of methoxy groups -OCH3 is 1. The van der Waals surface area contributed by atoms with Crippen LogP contribution >= 0.6 is 0 Å². The van der Waals surface area contributed by atoms with Gasteiger partial charge >= 0.3 is 0 Å². The molecular weight excluding hydrogens is 363 g/mol. The monoisotopic (exact) mass is 390 g/mol. The van der Waals surface area contributed by atoms with Gasteiger partial charge < -0.3 is 4.74 Å². The van der Waals surface area contributed by atoms with Crippen molar-refractivity contribution in [3.05, 3.63) is 101 Å². The second-order valence-corrected chi connectivity index (χ2v) is 7.70. The highest BCUT2D eigenvalue weighted by Crippen LogP contribution is 2.33. The number of hydrogen-bond donors (Lipinski definition) is 0. The predicted octanol–water partition coefficient (Wildman–Crippen LogP) is 5.16. The minimum Gasteiger partial charge on any atom is -0.497 e. The Balaban J connectivity index is 1.59. The van der Waals surface area contributed by atoms with E-state index >= 15 is 0 Å². The summed E-state index contributed by atoms with van der Waals surface area (Å²) >= 11 is 0. The van der Waals surface area contributed by atoms with Crippen molar-refractivity contribution < 1.29 is 9.13 Å². The van der Waals surface area contributed by atoms with Crippen molar-refractivity contribution in [1.29, 1.82) is 0 Å². The minimum absolute atomic E-state index is 0.187. The maximum atomic E-state index is 13.3. The van der Waals surface area contributed by atoms with Gasteiger partial charge in [0.25, 0.3) is 0 Å². The van der Waals surface area contributed by atoms with E-state index in [0.717, 1.165) is 37.5 Å². The van der Waals surface area contributed by atoms with Crippen LogP contribution in [0.3, 0.4) is 0 Å². The second-order valence-electron chi connectivity index (χ2n) is 7.70. The first-order chi connectivity index (χ1) is 14.1. The summed E-state index contributed by atoms with van der Waals surface area (Å²) in [6, 6.07) is 23.9. The van der Waals surface area contributed by atoms with E-state index in [1.165, 1.54) is 16.7 Å². The van der Waals surface area contributed by atoms with Gasteiger partial charge in [0.15, 0.2) is 0 Å². The van der Waals surface area contributed by atoms with E-state index in [1.54, 1.807) is 19.2 Å². The summed E-state index contributed by atoms with van der Waals surface area (Å²) in [6.07, 6.45) is 0.187. The first-order valence-electron chi connectivity index (χ1n) is 10.0. The molecule has 29 heavy (non-hydrogen) atoms. The zero-order valence-corrected chi connectivity index (χ0v) is 17.0. The first-order valence-corrected chi connectivity index (χ1v) is 10.0. The van der Waals surface area contributed by atoms with Crippen LogP contribution in [-0.4, -0.2) is 30.0 Å². The van der Waals surface area contributed by atoms with E-state index in [4.69, 9.17) is 4.74 Å². The van der Waals surface area contributed by atoms with Gasteiger partial charge in [-0.05, 0) is 47.9 Å². The molecule has 0 spiro atoms. The van der Waals surface area contributed by atoms with Gasteiger partial charge in [-0.1, -0.05) is 54.1 Å². The number of ether oxygens (including phenoxy) is 1. The smallest absolute Gasteiger partial charge is 0.123 e. The first kappa shape index (κ1) is 19.6. The van der Waals surface area contributed by atoms with Gasteiger partial charge in [0.2, 0.25) is 0 Å². The summed E-state index contributed by atoms with van der Waals surface area (Å²) in [7, 11) is 1.70. The molecule has 0 aliphatic carbocycles. The molecule has 1 aliphatic rings. The van der Waals surface area contributed by atoms with Crippen molar-refractivity contribution in [3.63, 3.8) is 0 Å². The fraction of sp³-hybridized carbons (Fsp3) is 0.280. The Kier molecular flexibility index (Phi) is 5.93. The normalized spacial score (nSPS) is 17.6. The molecule has 0 aromatic heterocycles. The number of aryl methyl sites for hydroxylation is 1. The lowest BCUT2D eigenvalue weighted by molar-refractivity contribution is 0.125. The molecule has 1 saturated heterocycles. The zero-order chi connectivity index (χ0) is 20.2. The minimum atomic E-state index is -0.190. The molecule has 1 unspecified atom stereocenters. The maximum absolute atomic E-state index is 13.3. The summed E-state index contributed by atoms with van der Waals surface area (Å²) in [4.78, 5) is 4.97. The van der Waals surface area contributed by atoms with Gasteiger partial charge in [-0.3, -0.25) is 9.80 Å². The third-order valence-corrected chi connectivity index (χ3v) is 5.56. The molecule has 0 radical (unpaired) electrons. The number of rotatable bonds is 6. The molecule has 0 N–H and O–H groups in total. The highest BCUT2D eigenvalue weighted by atomic mass is 19.1. The Morgan fingerprint density at radius 3 is 2.17 bits per heavy atom. The van der Waals surface area contributed by atoms with E-state index in [2.05, 4.69) is 53.1 Å². The van der Waals surface area contributed by atoms with Crippen molar-refractivity contribution >= 4 is 0 Å².